The van der Waals surface area contributed by atoms with E-state index in [2.05, 4.69) is 0 Å². The summed E-state index contributed by atoms with van der Waals surface area (Å²) < 4.78 is 102. The van der Waals surface area contributed by atoms with Gasteiger partial charge in [-0.05, 0) is 85.7 Å². The predicted molar refractivity (Wildman–Crippen MR) is 170 cm³/mol. The predicted octanol–water partition coefficient (Wildman–Crippen LogP) is 8.13. The number of aryl methyl sites for hydroxylation is 1. The zero-order chi connectivity index (χ0) is 38.3. The number of piperidine rings is 1. The number of carbonyl (C=O) groups is 4. The average Bonchev–Trinajstić information content (AvgIpc) is 3.36. The monoisotopic (exact) mass is 737 g/mol. The van der Waals surface area contributed by atoms with Crippen LogP contribution in [0.3, 0.4) is 0 Å². The van der Waals surface area contributed by atoms with E-state index in [0.29, 0.717) is 28.8 Å². The van der Waals surface area contributed by atoms with Crippen LogP contribution in [0.1, 0.15) is 71.7 Å². The highest BCUT2D eigenvalue weighted by Gasteiger charge is 2.60. The van der Waals surface area contributed by atoms with Gasteiger partial charge in [0.15, 0.2) is 0 Å². The van der Waals surface area contributed by atoms with Crippen molar-refractivity contribution in [2.45, 2.75) is 69.7 Å². The number of benzene rings is 3. The van der Waals surface area contributed by atoms with E-state index in [4.69, 9.17) is 4.74 Å². The van der Waals surface area contributed by atoms with Crippen LogP contribution in [0.5, 0.6) is 0 Å². The molecule has 1 unspecified atom stereocenters. The Hall–Kier alpha value is -5.15. The molecule has 2 heterocycles. The molecule has 278 valence electrons. The van der Waals surface area contributed by atoms with E-state index >= 15 is 0 Å². The molecule has 3 aromatic rings. The molecule has 2 saturated heterocycles. The third-order valence-electron chi connectivity index (χ3n) is 9.84. The molecule has 0 saturated carbocycles. The number of hydrogen-bond donors (Lipinski definition) is 1. The number of alkyl halides is 6. The SMILES string of the molecule is Cc1cc(F)ccc1[C@H]1C[C@@]2(CCN1C(=O)N(C)[C@H](C)c1cc(C(F)(F)F)cc(C(F)(F)F)c1)CC(C(=O)O)C(=O)N2C(=O)OCc1ccccc1. The van der Waals surface area contributed by atoms with Crippen LogP contribution in [0.15, 0.2) is 66.7 Å². The van der Waals surface area contributed by atoms with Crippen LogP contribution in [-0.2, 0) is 33.3 Å². The van der Waals surface area contributed by atoms with Crippen LogP contribution in [0.4, 0.5) is 40.3 Å². The molecule has 1 N–H and O–H groups in total. The van der Waals surface area contributed by atoms with Gasteiger partial charge in [-0.1, -0.05) is 36.4 Å². The summed E-state index contributed by atoms with van der Waals surface area (Å²) in [5.74, 6) is -4.75. The van der Waals surface area contributed by atoms with Gasteiger partial charge < -0.3 is 19.6 Å². The molecule has 0 bridgehead atoms. The van der Waals surface area contributed by atoms with Gasteiger partial charge in [-0.25, -0.2) is 18.9 Å². The van der Waals surface area contributed by atoms with Crippen molar-refractivity contribution in [2.24, 2.45) is 5.92 Å². The topological polar surface area (TPSA) is 107 Å². The summed E-state index contributed by atoms with van der Waals surface area (Å²) in [4.78, 5) is 56.6. The van der Waals surface area contributed by atoms with Crippen molar-refractivity contribution in [1.82, 2.24) is 14.7 Å². The smallest absolute Gasteiger partial charge is 0.417 e. The molecule has 9 nitrogen and oxygen atoms in total. The minimum Gasteiger partial charge on any atom is -0.481 e. The molecule has 2 aliphatic rings. The molecule has 16 heteroatoms. The number of nitrogens with zero attached hydrogens (tertiary/aromatic N) is 3. The molecule has 0 aromatic heterocycles. The van der Waals surface area contributed by atoms with Crippen molar-refractivity contribution in [2.75, 3.05) is 13.6 Å². The first kappa shape index (κ1) is 38.1. The third-order valence-corrected chi connectivity index (χ3v) is 9.84. The van der Waals surface area contributed by atoms with Crippen LogP contribution >= 0.6 is 0 Å². The van der Waals surface area contributed by atoms with E-state index in [-0.39, 0.29) is 38.5 Å². The van der Waals surface area contributed by atoms with Crippen LogP contribution < -0.4 is 0 Å². The number of halogens is 7. The summed E-state index contributed by atoms with van der Waals surface area (Å²) in [7, 11) is 1.20. The van der Waals surface area contributed by atoms with E-state index in [1.54, 1.807) is 37.3 Å². The van der Waals surface area contributed by atoms with E-state index in [0.717, 1.165) is 15.9 Å². The second-order valence-corrected chi connectivity index (χ2v) is 13.1. The normalized spacial score (nSPS) is 21.3. The van der Waals surface area contributed by atoms with E-state index in [1.165, 1.54) is 31.0 Å². The molecule has 4 atom stereocenters. The Morgan fingerprint density at radius 3 is 2.13 bits per heavy atom. The van der Waals surface area contributed by atoms with Crippen molar-refractivity contribution in [3.05, 3.63) is 106 Å². The molecular weight excluding hydrogens is 703 g/mol. The number of aliphatic carboxylic acids is 1. The first-order valence-corrected chi connectivity index (χ1v) is 16.1. The molecule has 1 spiro atoms. The van der Waals surface area contributed by atoms with Gasteiger partial charge in [-0.3, -0.25) is 9.59 Å². The van der Waals surface area contributed by atoms with Crippen molar-refractivity contribution < 1.29 is 59.8 Å². The molecule has 2 fully saturated rings. The Morgan fingerprint density at radius 2 is 1.58 bits per heavy atom. The van der Waals surface area contributed by atoms with Crippen molar-refractivity contribution in [3.63, 3.8) is 0 Å². The van der Waals surface area contributed by atoms with Crippen LogP contribution in [-0.4, -0.2) is 62.9 Å². The number of amides is 4. The Bertz CT molecular complexity index is 1840. The lowest BCUT2D eigenvalue weighted by atomic mass is 9.77. The number of carboxylic acid groups (broad SMARTS) is 1. The number of ether oxygens (including phenoxy) is 1. The number of urea groups is 1. The Morgan fingerprint density at radius 1 is 0.962 bits per heavy atom. The lowest BCUT2D eigenvalue weighted by molar-refractivity contribution is -0.147. The van der Waals surface area contributed by atoms with E-state index in [1.807, 2.05) is 0 Å². The van der Waals surface area contributed by atoms with Crippen LogP contribution in [0.25, 0.3) is 0 Å². The number of imide groups is 1. The maximum Gasteiger partial charge on any atom is 0.417 e. The zero-order valence-corrected chi connectivity index (χ0v) is 28.1. The highest BCUT2D eigenvalue weighted by molar-refractivity contribution is 6.06. The maximum absolute atomic E-state index is 14.3. The van der Waals surface area contributed by atoms with Gasteiger partial charge in [0.2, 0.25) is 5.91 Å². The van der Waals surface area contributed by atoms with Crippen molar-refractivity contribution >= 4 is 24.0 Å². The standard InChI is InChI=1S/C36H34F7N3O6/c1-20-13-26(37)9-10-27(20)29-18-34(17-28(31(48)49)30(47)46(34)33(51)52-19-22-7-5-4-6-8-22)11-12-45(29)32(50)44(3)21(2)23-14-24(35(38,39)40)16-25(15-23)36(41,42)43/h4-10,13-16,21,28-29H,11-12,17-19H2,1-3H3,(H,48,49)/t21-,28?,29-,34-/m1/s1. The minimum atomic E-state index is -5.12. The Kier molecular flexibility index (Phi) is 10.3. The lowest BCUT2D eigenvalue weighted by Gasteiger charge is -2.49. The molecule has 5 rings (SSSR count). The fraction of sp³-hybridized carbons (Fsp3) is 0.389. The molecule has 0 aliphatic carbocycles. The first-order valence-electron chi connectivity index (χ1n) is 16.1. The van der Waals surface area contributed by atoms with Gasteiger partial charge >= 0.3 is 30.4 Å². The molecule has 3 aromatic carbocycles. The average molecular weight is 738 g/mol. The van der Waals surface area contributed by atoms with Crippen molar-refractivity contribution in [3.8, 4) is 0 Å². The van der Waals surface area contributed by atoms with Crippen molar-refractivity contribution in [1.29, 1.82) is 0 Å². The highest BCUT2D eigenvalue weighted by atomic mass is 19.4. The second kappa shape index (κ2) is 14.1. The molecule has 0 radical (unpaired) electrons. The third kappa shape index (κ3) is 7.55. The van der Waals surface area contributed by atoms with Gasteiger partial charge in [-0.2, -0.15) is 26.3 Å². The summed E-state index contributed by atoms with van der Waals surface area (Å²) in [5.41, 5.74) is -3.75. The maximum atomic E-state index is 14.3. The zero-order valence-electron chi connectivity index (χ0n) is 28.1. The largest absolute Gasteiger partial charge is 0.481 e. The number of carboxylic acids is 1. The van der Waals surface area contributed by atoms with Gasteiger partial charge in [0, 0.05) is 13.6 Å². The van der Waals surface area contributed by atoms with Gasteiger partial charge in [0.25, 0.3) is 0 Å². The summed E-state index contributed by atoms with van der Waals surface area (Å²) in [6, 6.07) is 10.0. The van der Waals surface area contributed by atoms with E-state index in [9.17, 15) is 55.0 Å². The number of rotatable bonds is 6. The minimum absolute atomic E-state index is 0.0145. The highest BCUT2D eigenvalue weighted by Crippen LogP contribution is 2.49. The van der Waals surface area contributed by atoms with Gasteiger partial charge in [0.1, 0.15) is 18.3 Å². The summed E-state index contributed by atoms with van der Waals surface area (Å²) in [6.07, 6.45) is -12.1. The number of likely N-dealkylation sites (tertiary alicyclic amines) is 2. The Balaban J connectivity index is 1.52. The number of carbonyl (C=O) groups excluding carboxylic acids is 3. The van der Waals surface area contributed by atoms with Crippen LogP contribution in [0.2, 0.25) is 0 Å². The van der Waals surface area contributed by atoms with Gasteiger partial charge in [0.05, 0.1) is 28.7 Å². The fourth-order valence-electron chi connectivity index (χ4n) is 6.99. The summed E-state index contributed by atoms with van der Waals surface area (Å²) in [5, 5.41) is 9.93. The van der Waals surface area contributed by atoms with Crippen LogP contribution in [0, 0.1) is 18.7 Å². The quantitative estimate of drug-likeness (QED) is 0.202. The van der Waals surface area contributed by atoms with E-state index < -0.39 is 82.4 Å². The fourth-order valence-corrected chi connectivity index (χ4v) is 6.99. The molecule has 4 amide bonds. The molecular formula is C36H34F7N3O6. The Labute approximate surface area is 293 Å². The molecule has 52 heavy (non-hydrogen) atoms. The summed E-state index contributed by atoms with van der Waals surface area (Å²) in [6.45, 7) is 2.32. The lowest BCUT2D eigenvalue weighted by Crippen LogP contribution is -2.58. The first-order chi connectivity index (χ1) is 24.2. The van der Waals surface area contributed by atoms with Gasteiger partial charge in [-0.15, -0.1) is 0 Å². The molecule has 2 aliphatic heterocycles. The number of hydrogen-bond acceptors (Lipinski definition) is 5. The second-order valence-electron chi connectivity index (χ2n) is 13.1. The summed E-state index contributed by atoms with van der Waals surface area (Å²) >= 11 is 0.